The van der Waals surface area contributed by atoms with Crippen molar-refractivity contribution in [2.24, 2.45) is 0 Å². The fraction of sp³-hybridized carbons (Fsp3) is 0. The van der Waals surface area contributed by atoms with E-state index in [0.717, 1.165) is 0 Å². The van der Waals surface area contributed by atoms with E-state index in [0.29, 0.717) is 0 Å². The van der Waals surface area contributed by atoms with Crippen LogP contribution in [0.25, 0.3) is 0 Å². The molecule has 5 heteroatoms. The highest BCUT2D eigenvalue weighted by atomic mass is 32.2. The predicted octanol–water partition coefficient (Wildman–Crippen LogP) is 2.81. The van der Waals surface area contributed by atoms with Gasteiger partial charge in [-0.15, -0.1) is 0 Å². The van der Waals surface area contributed by atoms with Gasteiger partial charge < -0.3 is 0 Å². The third-order valence-corrected chi connectivity index (χ3v) is 4.05. The summed E-state index contributed by atoms with van der Waals surface area (Å²) in [4.78, 5) is 0.0755. The van der Waals surface area contributed by atoms with Gasteiger partial charge in [0, 0.05) is 0 Å². The summed E-state index contributed by atoms with van der Waals surface area (Å²) in [5.74, 6) is -0.502. The largest absolute Gasteiger partial charge is 0.290 e. The minimum absolute atomic E-state index is 0.0377. The molecule has 2 rings (SSSR count). The molecule has 2 aromatic carbocycles. The van der Waals surface area contributed by atoms with Crippen LogP contribution >= 0.6 is 0 Å². The van der Waals surface area contributed by atoms with E-state index in [-0.39, 0.29) is 21.3 Å². The second kappa shape index (κ2) is 4.10. The fourth-order valence-corrected chi connectivity index (χ4v) is 2.63. The van der Waals surface area contributed by atoms with Gasteiger partial charge in [0.15, 0.2) is 11.5 Å². The Morgan fingerprint density at radius 2 is 0.882 bits per heavy atom. The topological polar surface area (TPSA) is 73.9 Å². The van der Waals surface area contributed by atoms with Gasteiger partial charge in [0.05, 0.1) is 9.79 Å². The lowest BCUT2D eigenvalue weighted by atomic mass is 10.3. The van der Waals surface area contributed by atoms with E-state index < -0.39 is 9.84 Å². The van der Waals surface area contributed by atoms with E-state index in [1.54, 1.807) is 0 Å². The average molecular weight is 248 g/mol. The predicted molar refractivity (Wildman–Crippen MR) is 58.6 cm³/mol. The maximum Gasteiger partial charge on any atom is 0.206 e. The van der Waals surface area contributed by atoms with Crippen molar-refractivity contribution >= 4 is 9.84 Å². The van der Waals surface area contributed by atoms with E-state index in [1.807, 2.05) is 0 Å². The Hall–Kier alpha value is -2.01. The maximum atomic E-state index is 12.1. The van der Waals surface area contributed by atoms with Gasteiger partial charge in [0.1, 0.15) is 0 Å². The van der Waals surface area contributed by atoms with Gasteiger partial charge in [-0.25, -0.2) is 8.42 Å². The van der Waals surface area contributed by atoms with Gasteiger partial charge in [0.2, 0.25) is 9.84 Å². The van der Waals surface area contributed by atoms with Gasteiger partial charge >= 0.3 is 0 Å². The lowest BCUT2D eigenvalue weighted by molar-refractivity contribution is 0.354. The van der Waals surface area contributed by atoms with Crippen molar-refractivity contribution in [2.75, 3.05) is 0 Å². The molecule has 0 heterocycles. The van der Waals surface area contributed by atoms with Crippen LogP contribution < -0.4 is 0 Å². The highest BCUT2D eigenvalue weighted by molar-refractivity contribution is 7.91. The summed E-state index contributed by atoms with van der Waals surface area (Å²) in [6.07, 6.45) is 0. The summed E-state index contributed by atoms with van der Waals surface area (Å²) >= 11 is 0. The van der Waals surface area contributed by atoms with Crippen LogP contribution in [0.3, 0.4) is 0 Å². The number of benzene rings is 2. The Balaban J connectivity index is 2.50. The van der Waals surface area contributed by atoms with Crippen LogP contribution in [0.2, 0.25) is 0 Å². The second-order valence-corrected chi connectivity index (χ2v) is 5.40. The van der Waals surface area contributed by atoms with E-state index in [9.17, 15) is 18.6 Å². The van der Waals surface area contributed by atoms with E-state index in [1.165, 1.54) is 48.5 Å². The summed E-state index contributed by atoms with van der Waals surface area (Å²) in [5, 5.41) is 21.8. The molecule has 17 heavy (non-hydrogen) atoms. The molecule has 4 nitrogen and oxygen atoms in total. The normalized spacial score (nSPS) is 11.3. The van der Waals surface area contributed by atoms with Crippen molar-refractivity contribution < 1.29 is 18.6 Å². The molecular formula is C12H8O4S. The van der Waals surface area contributed by atoms with Crippen molar-refractivity contribution in [1.82, 2.24) is 0 Å². The maximum absolute atomic E-state index is 12.1. The zero-order valence-corrected chi connectivity index (χ0v) is 9.48. The highest BCUT2D eigenvalue weighted by Gasteiger charge is 2.17. The summed E-state index contributed by atoms with van der Waals surface area (Å²) < 4.78 is 24.1. The van der Waals surface area contributed by atoms with Crippen molar-refractivity contribution in [2.45, 2.75) is 9.79 Å². The molecule has 86 valence electrons. The summed E-state index contributed by atoms with van der Waals surface area (Å²) in [5.41, 5.74) is 0. The molecule has 0 unspecified atom stereocenters. The first-order valence-electron chi connectivity index (χ1n) is 4.79. The Labute approximate surface area is 98.7 Å². The average Bonchev–Trinajstić information content (AvgIpc) is 2.30. The summed E-state index contributed by atoms with van der Waals surface area (Å²) in [7, 11) is -3.65. The molecule has 2 radical (unpaired) electrons. The molecule has 0 aromatic heterocycles. The number of hydrogen-bond acceptors (Lipinski definition) is 2. The molecule has 2 aromatic rings. The van der Waals surface area contributed by atoms with E-state index >= 15 is 0 Å². The number of sulfone groups is 1. The van der Waals surface area contributed by atoms with Crippen LogP contribution in [0.1, 0.15) is 0 Å². The molecule has 0 amide bonds. The zero-order valence-electron chi connectivity index (χ0n) is 8.66. The first kappa shape index (κ1) is 11.5. The third-order valence-electron chi connectivity index (χ3n) is 2.27. The number of hydrogen-bond donors (Lipinski definition) is 0. The minimum atomic E-state index is -3.65. The van der Waals surface area contributed by atoms with Gasteiger partial charge in [-0.2, -0.15) is 0 Å². The monoisotopic (exact) mass is 248 g/mol. The standard InChI is InChI=1S/C12H8O4S/c13-9-1-5-11(6-2-9)17(15,16)12-7-3-10(14)4-8-12/h1-8H. The molecule has 0 fully saturated rings. The van der Waals surface area contributed by atoms with Crippen molar-refractivity contribution in [1.29, 1.82) is 0 Å². The van der Waals surface area contributed by atoms with Crippen LogP contribution in [0.15, 0.2) is 58.3 Å². The van der Waals surface area contributed by atoms with Crippen molar-refractivity contribution in [3.05, 3.63) is 48.5 Å². The molecule has 0 saturated heterocycles. The van der Waals surface area contributed by atoms with Crippen LogP contribution in [0.5, 0.6) is 11.5 Å². The highest BCUT2D eigenvalue weighted by Crippen LogP contribution is 2.24. The van der Waals surface area contributed by atoms with Crippen LogP contribution in [0.4, 0.5) is 0 Å². The van der Waals surface area contributed by atoms with E-state index in [2.05, 4.69) is 0 Å². The SMILES string of the molecule is [O]c1ccc(S(=O)(=O)c2ccc([O])cc2)cc1. The molecular weight excluding hydrogens is 240 g/mol. The molecule has 0 spiro atoms. The molecule has 0 N–H and O–H groups in total. The zero-order chi connectivity index (χ0) is 12.5. The fourth-order valence-electron chi connectivity index (χ4n) is 1.37. The first-order valence-corrected chi connectivity index (χ1v) is 6.28. The summed E-state index contributed by atoms with van der Waals surface area (Å²) in [6.45, 7) is 0. The number of rotatable bonds is 2. The van der Waals surface area contributed by atoms with Crippen molar-refractivity contribution in [3.63, 3.8) is 0 Å². The summed E-state index contributed by atoms with van der Waals surface area (Å²) in [6, 6.07) is 9.77. The first-order chi connectivity index (χ1) is 8.00. The Morgan fingerprint density at radius 1 is 0.588 bits per heavy atom. The smallest absolute Gasteiger partial charge is 0.206 e. The van der Waals surface area contributed by atoms with Crippen LogP contribution in [-0.2, 0) is 20.1 Å². The Bertz CT molecular complexity index is 561. The van der Waals surface area contributed by atoms with Gasteiger partial charge in [-0.3, -0.25) is 10.2 Å². The van der Waals surface area contributed by atoms with Crippen LogP contribution in [-0.4, -0.2) is 8.42 Å². The molecule has 0 aliphatic carbocycles. The third kappa shape index (κ3) is 2.24. The quantitative estimate of drug-likeness (QED) is 0.819. The lowest BCUT2D eigenvalue weighted by Gasteiger charge is -2.03. The Morgan fingerprint density at radius 3 is 1.18 bits per heavy atom. The van der Waals surface area contributed by atoms with Crippen LogP contribution in [0, 0.1) is 0 Å². The van der Waals surface area contributed by atoms with Gasteiger partial charge in [0.25, 0.3) is 0 Å². The van der Waals surface area contributed by atoms with Gasteiger partial charge in [-0.1, -0.05) is 0 Å². The van der Waals surface area contributed by atoms with Gasteiger partial charge in [-0.05, 0) is 48.5 Å². The van der Waals surface area contributed by atoms with Crippen molar-refractivity contribution in [3.8, 4) is 11.5 Å². The lowest BCUT2D eigenvalue weighted by Crippen LogP contribution is -2.01. The minimum Gasteiger partial charge on any atom is -0.290 e. The van der Waals surface area contributed by atoms with E-state index in [4.69, 9.17) is 0 Å². The Kier molecular flexibility index (Phi) is 2.77. The molecule has 0 aliphatic heterocycles. The molecule has 0 bridgehead atoms. The molecule has 0 aliphatic rings. The second-order valence-electron chi connectivity index (χ2n) is 3.45. The molecule has 0 saturated carbocycles. The molecule has 0 atom stereocenters.